The van der Waals surface area contributed by atoms with Gasteiger partial charge in [-0.25, -0.2) is 13.2 Å². The molecule has 0 unspecified atom stereocenters. The largest absolute Gasteiger partial charge is 0.432 e. The van der Waals surface area contributed by atoms with E-state index in [1.165, 1.54) is 87.8 Å². The topological polar surface area (TPSA) is 21.6 Å². The standard InChI is InChI=1S/C37H40F5NOS/c1-2-3-4-5-24-6-8-25(9-7-24)26-10-12-27(13-11-26)28-14-19-32(33(38)20-28)29-21-34(39)36(35(40)22-29)37(41,42)44-31-17-15-30(16-18-31)43-23-45/h14-22,24-27H,2-13H2,1H3. The summed E-state index contributed by atoms with van der Waals surface area (Å²) in [5, 5.41) is 2.15. The molecular weight excluding hydrogens is 601 g/mol. The quantitative estimate of drug-likeness (QED) is 0.0899. The zero-order valence-electron chi connectivity index (χ0n) is 25.6. The molecule has 0 saturated heterocycles. The van der Waals surface area contributed by atoms with E-state index in [1.54, 1.807) is 6.07 Å². The predicted molar refractivity (Wildman–Crippen MR) is 172 cm³/mol. The number of hydrogen-bond acceptors (Lipinski definition) is 3. The molecule has 2 aliphatic rings. The van der Waals surface area contributed by atoms with E-state index < -0.39 is 29.1 Å². The first-order chi connectivity index (χ1) is 21.7. The number of rotatable bonds is 11. The first-order valence-electron chi connectivity index (χ1n) is 16.2. The van der Waals surface area contributed by atoms with Gasteiger partial charge in [0.15, 0.2) is 0 Å². The summed E-state index contributed by atoms with van der Waals surface area (Å²) in [4.78, 5) is 3.71. The average molecular weight is 642 g/mol. The van der Waals surface area contributed by atoms with Gasteiger partial charge >= 0.3 is 6.11 Å². The average Bonchev–Trinajstić information content (AvgIpc) is 3.02. The van der Waals surface area contributed by atoms with E-state index in [4.69, 9.17) is 0 Å². The van der Waals surface area contributed by atoms with Crippen LogP contribution in [0.5, 0.6) is 5.75 Å². The van der Waals surface area contributed by atoms with Crippen molar-refractivity contribution >= 4 is 23.1 Å². The summed E-state index contributed by atoms with van der Waals surface area (Å²) in [5.41, 5.74) is -0.537. The molecule has 0 amide bonds. The Morgan fingerprint density at radius 1 is 0.800 bits per heavy atom. The summed E-state index contributed by atoms with van der Waals surface area (Å²) >= 11 is 4.50. The van der Waals surface area contributed by atoms with Crippen LogP contribution in [-0.4, -0.2) is 5.16 Å². The van der Waals surface area contributed by atoms with Crippen LogP contribution in [0.25, 0.3) is 11.1 Å². The van der Waals surface area contributed by atoms with Crippen molar-refractivity contribution in [3.8, 4) is 16.9 Å². The van der Waals surface area contributed by atoms with Gasteiger partial charge in [-0.3, -0.25) is 0 Å². The normalized spacial score (nSPS) is 22.1. The van der Waals surface area contributed by atoms with Gasteiger partial charge in [0.2, 0.25) is 0 Å². The van der Waals surface area contributed by atoms with Crippen LogP contribution >= 0.6 is 12.2 Å². The molecule has 0 radical (unpaired) electrons. The van der Waals surface area contributed by atoms with E-state index in [0.717, 1.165) is 61.1 Å². The Hall–Kier alpha value is -3.09. The van der Waals surface area contributed by atoms with Crippen LogP contribution < -0.4 is 4.74 Å². The molecule has 2 saturated carbocycles. The van der Waals surface area contributed by atoms with E-state index >= 15 is 4.39 Å². The molecule has 2 aliphatic carbocycles. The summed E-state index contributed by atoms with van der Waals surface area (Å²) in [6.07, 6.45) is 10.7. The van der Waals surface area contributed by atoms with Gasteiger partial charge in [0.1, 0.15) is 28.8 Å². The lowest BCUT2D eigenvalue weighted by Crippen LogP contribution is -2.25. The summed E-state index contributed by atoms with van der Waals surface area (Å²) in [6, 6.07) is 11.2. The Labute approximate surface area is 268 Å². The number of unbranched alkanes of at least 4 members (excludes halogenated alkanes) is 2. The third-order valence-corrected chi connectivity index (χ3v) is 10.0. The highest BCUT2D eigenvalue weighted by Crippen LogP contribution is 2.45. The van der Waals surface area contributed by atoms with Crippen molar-refractivity contribution in [2.45, 2.75) is 96.0 Å². The van der Waals surface area contributed by atoms with E-state index in [9.17, 15) is 17.6 Å². The predicted octanol–water partition coefficient (Wildman–Crippen LogP) is 12.3. The lowest BCUT2D eigenvalue weighted by molar-refractivity contribution is -0.189. The summed E-state index contributed by atoms with van der Waals surface area (Å²) in [5.74, 6) is -1.36. The van der Waals surface area contributed by atoms with Gasteiger partial charge < -0.3 is 4.74 Å². The molecule has 0 heterocycles. The molecule has 8 heteroatoms. The molecule has 0 bridgehead atoms. The number of ether oxygens (including phenoxy) is 1. The molecule has 45 heavy (non-hydrogen) atoms. The van der Waals surface area contributed by atoms with Gasteiger partial charge in [0.05, 0.1) is 10.8 Å². The third-order valence-electron chi connectivity index (χ3n) is 9.91. The second-order valence-electron chi connectivity index (χ2n) is 12.8. The first kappa shape index (κ1) is 33.3. The zero-order valence-corrected chi connectivity index (χ0v) is 26.5. The van der Waals surface area contributed by atoms with Crippen LogP contribution in [0.1, 0.15) is 101 Å². The summed E-state index contributed by atoms with van der Waals surface area (Å²) in [6.45, 7) is 2.25. The number of halogens is 5. The monoisotopic (exact) mass is 641 g/mol. The Balaban J connectivity index is 1.21. The van der Waals surface area contributed by atoms with E-state index in [2.05, 4.69) is 34.0 Å². The van der Waals surface area contributed by atoms with Crippen molar-refractivity contribution in [3.05, 3.63) is 83.2 Å². The van der Waals surface area contributed by atoms with Crippen molar-refractivity contribution in [1.82, 2.24) is 0 Å². The zero-order chi connectivity index (χ0) is 32.0. The molecule has 5 rings (SSSR count). The number of nitrogens with zero attached hydrogens (tertiary/aromatic N) is 1. The number of alkyl halides is 2. The Bertz CT molecular complexity index is 1460. The number of isothiocyanates is 1. The molecule has 240 valence electrons. The molecule has 0 aliphatic heterocycles. The minimum atomic E-state index is -4.32. The number of thiocarbonyl (C=S) groups is 1. The molecule has 2 nitrogen and oxygen atoms in total. The fraction of sp³-hybridized carbons (Fsp3) is 0.486. The summed E-state index contributed by atoms with van der Waals surface area (Å²) in [7, 11) is 0. The Morgan fingerprint density at radius 2 is 1.42 bits per heavy atom. The van der Waals surface area contributed by atoms with Crippen LogP contribution in [0.3, 0.4) is 0 Å². The van der Waals surface area contributed by atoms with Gasteiger partial charge in [-0.15, -0.1) is 0 Å². The second kappa shape index (κ2) is 15.0. The molecular formula is C37H40F5NOS. The maximum atomic E-state index is 15.3. The molecule has 2 fully saturated rings. The minimum Gasteiger partial charge on any atom is -0.429 e. The van der Waals surface area contributed by atoms with Crippen molar-refractivity contribution in [2.75, 3.05) is 0 Å². The smallest absolute Gasteiger partial charge is 0.429 e. The highest BCUT2D eigenvalue weighted by Gasteiger charge is 2.41. The van der Waals surface area contributed by atoms with Crippen molar-refractivity contribution in [2.24, 2.45) is 22.7 Å². The Morgan fingerprint density at radius 3 is 2.00 bits per heavy atom. The van der Waals surface area contributed by atoms with Crippen molar-refractivity contribution in [3.63, 3.8) is 0 Å². The lowest BCUT2D eigenvalue weighted by atomic mass is 9.68. The molecule has 0 aromatic heterocycles. The van der Waals surface area contributed by atoms with E-state index in [1.807, 2.05) is 0 Å². The fourth-order valence-corrected chi connectivity index (χ4v) is 7.53. The minimum absolute atomic E-state index is 0.0496. The SMILES string of the molecule is CCCCCC1CCC(C2CCC(c3ccc(-c4cc(F)c(C(F)(F)Oc5ccc(N=C=S)cc5)c(F)c4)c(F)c3)CC2)CC1. The fourth-order valence-electron chi connectivity index (χ4n) is 7.42. The highest BCUT2D eigenvalue weighted by atomic mass is 32.1. The van der Waals surface area contributed by atoms with Crippen LogP contribution in [0, 0.1) is 35.2 Å². The highest BCUT2D eigenvalue weighted by molar-refractivity contribution is 7.78. The van der Waals surface area contributed by atoms with Crippen molar-refractivity contribution in [1.29, 1.82) is 0 Å². The molecule has 3 aromatic rings. The second-order valence-corrected chi connectivity index (χ2v) is 12.9. The van der Waals surface area contributed by atoms with Crippen LogP contribution in [0.15, 0.2) is 59.6 Å². The third kappa shape index (κ3) is 8.20. The van der Waals surface area contributed by atoms with Gasteiger partial charge in [-0.05, 0) is 128 Å². The number of benzene rings is 3. The molecule has 0 atom stereocenters. The first-order valence-corrected chi connectivity index (χ1v) is 16.6. The van der Waals surface area contributed by atoms with Crippen molar-refractivity contribution < 1.29 is 26.7 Å². The molecule has 3 aromatic carbocycles. The molecule has 0 N–H and O–H groups in total. The Kier molecular flexibility index (Phi) is 11.1. The molecule has 0 spiro atoms. The van der Waals surface area contributed by atoms with Gasteiger partial charge in [-0.2, -0.15) is 13.8 Å². The lowest BCUT2D eigenvalue weighted by Gasteiger charge is -2.38. The van der Waals surface area contributed by atoms with Gasteiger partial charge in [0, 0.05) is 5.56 Å². The van der Waals surface area contributed by atoms with Gasteiger partial charge in [0.25, 0.3) is 0 Å². The van der Waals surface area contributed by atoms with Crippen LogP contribution in [-0.2, 0) is 6.11 Å². The van der Waals surface area contributed by atoms with E-state index in [-0.39, 0.29) is 22.8 Å². The maximum absolute atomic E-state index is 15.3. The number of aliphatic imine (C=N–C) groups is 1. The maximum Gasteiger partial charge on any atom is 0.432 e. The van der Waals surface area contributed by atoms with Gasteiger partial charge in [-0.1, -0.05) is 57.6 Å². The van der Waals surface area contributed by atoms with E-state index in [0.29, 0.717) is 5.69 Å². The number of hydrogen-bond donors (Lipinski definition) is 0. The summed E-state index contributed by atoms with van der Waals surface area (Å²) < 4.78 is 79.7. The van der Waals surface area contributed by atoms with Crippen LogP contribution in [0.4, 0.5) is 27.6 Å². The van der Waals surface area contributed by atoms with Crippen LogP contribution in [0.2, 0.25) is 0 Å².